The average molecular weight is 401 g/mol. The minimum Gasteiger partial charge on any atom is -0.291 e. The highest BCUT2D eigenvalue weighted by molar-refractivity contribution is 7.89. The molecule has 0 aliphatic carbocycles. The molecule has 1 fully saturated rings. The highest BCUT2D eigenvalue weighted by Gasteiger charge is 2.36. The van der Waals surface area contributed by atoms with Crippen molar-refractivity contribution in [2.45, 2.75) is 63.6 Å². The second kappa shape index (κ2) is 7.97. The van der Waals surface area contributed by atoms with Crippen LogP contribution >= 0.6 is 0 Å². The van der Waals surface area contributed by atoms with E-state index in [1.54, 1.807) is 16.4 Å². The number of rotatable bonds is 4. The van der Waals surface area contributed by atoms with Gasteiger partial charge in [0.2, 0.25) is 10.0 Å². The third kappa shape index (κ3) is 4.48. The molecule has 0 radical (unpaired) electrons. The molecule has 0 amide bonds. The summed E-state index contributed by atoms with van der Waals surface area (Å²) in [5, 5.41) is 0. The maximum atomic E-state index is 13.2. The number of nitrogens with zero attached hydrogens (tertiary/aromatic N) is 2. The van der Waals surface area contributed by atoms with E-state index in [0.29, 0.717) is 18.0 Å². The normalized spacial score (nSPS) is 22.3. The SMILES string of the molecule is CC1CN(S(=O)(=O)c2ccc(C(C)(C)C)cc2)CC(C)N1Cc1ccccc1. The molecular formula is C23H32N2O2S. The standard InChI is InChI=1S/C23H32N2O2S/c1-18-15-24(16-19(2)25(18)17-20-9-7-6-8-10-20)28(26,27)22-13-11-21(12-14-22)23(3,4)5/h6-14,18-19H,15-17H2,1-5H3. The van der Waals surface area contributed by atoms with Crippen molar-refractivity contribution in [3.05, 3.63) is 65.7 Å². The Morgan fingerprint density at radius 1 is 0.893 bits per heavy atom. The van der Waals surface area contributed by atoms with Gasteiger partial charge in [0.1, 0.15) is 0 Å². The topological polar surface area (TPSA) is 40.6 Å². The minimum absolute atomic E-state index is 0.00832. The van der Waals surface area contributed by atoms with Crippen molar-refractivity contribution < 1.29 is 8.42 Å². The molecule has 1 aliphatic heterocycles. The van der Waals surface area contributed by atoms with Gasteiger partial charge in [-0.2, -0.15) is 4.31 Å². The average Bonchev–Trinajstić information content (AvgIpc) is 2.65. The largest absolute Gasteiger partial charge is 0.291 e. The quantitative estimate of drug-likeness (QED) is 0.770. The first kappa shape index (κ1) is 21.0. The van der Waals surface area contributed by atoms with E-state index in [9.17, 15) is 8.42 Å². The van der Waals surface area contributed by atoms with Gasteiger partial charge in [0.15, 0.2) is 0 Å². The van der Waals surface area contributed by atoms with Gasteiger partial charge in [-0.05, 0) is 42.5 Å². The van der Waals surface area contributed by atoms with Crippen LogP contribution in [0.1, 0.15) is 45.7 Å². The van der Waals surface area contributed by atoms with E-state index in [1.807, 2.05) is 30.3 Å². The van der Waals surface area contributed by atoms with Crippen molar-refractivity contribution in [3.8, 4) is 0 Å². The zero-order valence-corrected chi connectivity index (χ0v) is 18.4. The van der Waals surface area contributed by atoms with E-state index in [4.69, 9.17) is 0 Å². The number of piperazine rings is 1. The van der Waals surface area contributed by atoms with Crippen molar-refractivity contribution in [3.63, 3.8) is 0 Å². The number of benzene rings is 2. The molecule has 1 aliphatic rings. The van der Waals surface area contributed by atoms with Crippen LogP contribution in [0.4, 0.5) is 0 Å². The third-order valence-electron chi connectivity index (χ3n) is 5.63. The Morgan fingerprint density at radius 2 is 1.43 bits per heavy atom. The lowest BCUT2D eigenvalue weighted by atomic mass is 9.87. The molecular weight excluding hydrogens is 368 g/mol. The van der Waals surface area contributed by atoms with Crippen LogP contribution in [-0.2, 0) is 22.0 Å². The van der Waals surface area contributed by atoms with E-state index in [2.05, 4.69) is 51.7 Å². The summed E-state index contributed by atoms with van der Waals surface area (Å²) in [6.07, 6.45) is 0. The molecule has 1 heterocycles. The summed E-state index contributed by atoms with van der Waals surface area (Å²) in [5.41, 5.74) is 2.41. The van der Waals surface area contributed by atoms with Crippen LogP contribution in [0.15, 0.2) is 59.5 Å². The molecule has 2 unspecified atom stereocenters. The molecule has 152 valence electrons. The fourth-order valence-electron chi connectivity index (χ4n) is 3.89. The van der Waals surface area contributed by atoms with E-state index in [-0.39, 0.29) is 17.5 Å². The molecule has 0 N–H and O–H groups in total. The molecule has 2 atom stereocenters. The molecule has 0 aromatic heterocycles. The van der Waals surface area contributed by atoms with Crippen LogP contribution in [0.3, 0.4) is 0 Å². The first-order chi connectivity index (χ1) is 13.1. The van der Waals surface area contributed by atoms with E-state index >= 15 is 0 Å². The molecule has 28 heavy (non-hydrogen) atoms. The van der Waals surface area contributed by atoms with Crippen LogP contribution in [0.5, 0.6) is 0 Å². The molecule has 0 spiro atoms. The predicted molar refractivity (Wildman–Crippen MR) is 115 cm³/mol. The highest BCUT2D eigenvalue weighted by atomic mass is 32.2. The molecule has 0 saturated carbocycles. The van der Waals surface area contributed by atoms with Gasteiger partial charge in [-0.1, -0.05) is 63.2 Å². The molecule has 5 heteroatoms. The Morgan fingerprint density at radius 3 is 1.93 bits per heavy atom. The Bertz CT molecular complexity index is 874. The molecule has 2 aromatic rings. The van der Waals surface area contributed by atoms with E-state index < -0.39 is 10.0 Å². The second-order valence-electron chi connectivity index (χ2n) is 8.95. The Balaban J connectivity index is 1.76. The lowest BCUT2D eigenvalue weighted by molar-refractivity contribution is 0.0699. The number of hydrogen-bond donors (Lipinski definition) is 0. The van der Waals surface area contributed by atoms with Crippen molar-refractivity contribution in [1.29, 1.82) is 0 Å². The minimum atomic E-state index is -3.48. The van der Waals surface area contributed by atoms with Crippen LogP contribution in [-0.4, -0.2) is 42.8 Å². The van der Waals surface area contributed by atoms with Crippen molar-refractivity contribution >= 4 is 10.0 Å². The van der Waals surface area contributed by atoms with E-state index in [1.165, 1.54) is 5.56 Å². The third-order valence-corrected chi connectivity index (χ3v) is 7.48. The summed E-state index contributed by atoms with van der Waals surface area (Å²) in [4.78, 5) is 2.78. The molecule has 4 nitrogen and oxygen atoms in total. The Hall–Kier alpha value is -1.69. The van der Waals surface area contributed by atoms with Gasteiger partial charge in [-0.25, -0.2) is 8.42 Å². The summed E-state index contributed by atoms with van der Waals surface area (Å²) in [7, 11) is -3.48. The van der Waals surface area contributed by atoms with Crippen LogP contribution in [0.25, 0.3) is 0 Å². The first-order valence-electron chi connectivity index (χ1n) is 9.99. The predicted octanol–water partition coefficient (Wildman–Crippen LogP) is 4.27. The lowest BCUT2D eigenvalue weighted by Crippen LogP contribution is -2.57. The first-order valence-corrected chi connectivity index (χ1v) is 11.4. The number of sulfonamides is 1. The maximum absolute atomic E-state index is 13.2. The smallest absolute Gasteiger partial charge is 0.243 e. The van der Waals surface area contributed by atoms with Gasteiger partial charge < -0.3 is 0 Å². The summed E-state index contributed by atoms with van der Waals surface area (Å²) in [5.74, 6) is 0. The molecule has 0 bridgehead atoms. The van der Waals surface area contributed by atoms with Gasteiger partial charge in [0.25, 0.3) is 0 Å². The van der Waals surface area contributed by atoms with Crippen molar-refractivity contribution in [2.24, 2.45) is 0 Å². The lowest BCUT2D eigenvalue weighted by Gasteiger charge is -2.43. The zero-order valence-electron chi connectivity index (χ0n) is 17.6. The summed E-state index contributed by atoms with van der Waals surface area (Å²) in [6, 6.07) is 18.1. The zero-order chi connectivity index (χ0) is 20.5. The highest BCUT2D eigenvalue weighted by Crippen LogP contribution is 2.27. The fraction of sp³-hybridized carbons (Fsp3) is 0.478. The maximum Gasteiger partial charge on any atom is 0.243 e. The molecule has 3 rings (SSSR count). The van der Waals surface area contributed by atoms with Crippen LogP contribution in [0.2, 0.25) is 0 Å². The Kier molecular flexibility index (Phi) is 5.99. The second-order valence-corrected chi connectivity index (χ2v) is 10.9. The van der Waals surface area contributed by atoms with Gasteiger partial charge >= 0.3 is 0 Å². The van der Waals surface area contributed by atoms with Gasteiger partial charge in [0.05, 0.1) is 4.90 Å². The molecule has 2 aromatic carbocycles. The van der Waals surface area contributed by atoms with Crippen molar-refractivity contribution in [2.75, 3.05) is 13.1 Å². The summed E-state index contributed by atoms with van der Waals surface area (Å²) in [6.45, 7) is 12.5. The monoisotopic (exact) mass is 400 g/mol. The van der Waals surface area contributed by atoms with Crippen LogP contribution < -0.4 is 0 Å². The Labute approximate surface area is 170 Å². The van der Waals surface area contributed by atoms with Gasteiger partial charge in [-0.15, -0.1) is 0 Å². The van der Waals surface area contributed by atoms with Gasteiger partial charge in [0, 0.05) is 31.7 Å². The van der Waals surface area contributed by atoms with Gasteiger partial charge in [-0.3, -0.25) is 4.90 Å². The fourth-order valence-corrected chi connectivity index (χ4v) is 5.49. The van der Waals surface area contributed by atoms with Crippen LogP contribution in [0, 0.1) is 0 Å². The summed E-state index contributed by atoms with van der Waals surface area (Å²) >= 11 is 0. The molecule has 1 saturated heterocycles. The number of hydrogen-bond acceptors (Lipinski definition) is 3. The van der Waals surface area contributed by atoms with Crippen molar-refractivity contribution in [1.82, 2.24) is 9.21 Å². The summed E-state index contributed by atoms with van der Waals surface area (Å²) < 4.78 is 28.1. The van der Waals surface area contributed by atoms with E-state index in [0.717, 1.165) is 12.1 Å².